The summed E-state index contributed by atoms with van der Waals surface area (Å²) in [6, 6.07) is 9.53. The normalized spacial score (nSPS) is 10.7. The van der Waals surface area contributed by atoms with Gasteiger partial charge < -0.3 is 4.74 Å². The van der Waals surface area contributed by atoms with Gasteiger partial charge in [-0.15, -0.1) is 0 Å². The van der Waals surface area contributed by atoms with E-state index in [4.69, 9.17) is 4.74 Å². The predicted octanol–water partition coefficient (Wildman–Crippen LogP) is 2.80. The first-order valence-electron chi connectivity index (χ1n) is 5.22. The molecule has 0 N–H and O–H groups in total. The van der Waals surface area contributed by atoms with Crippen LogP contribution in [0.15, 0.2) is 36.5 Å². The Morgan fingerprint density at radius 1 is 1.25 bits per heavy atom. The molecule has 1 aromatic heterocycles. The van der Waals surface area contributed by atoms with Crippen molar-refractivity contribution in [2.45, 2.75) is 20.0 Å². The molecule has 16 heavy (non-hydrogen) atoms. The van der Waals surface area contributed by atoms with Crippen LogP contribution in [0.2, 0.25) is 0 Å². The number of carbonyl (C=O) groups excluding carboxylic acids is 1. The molecule has 1 aromatic carbocycles. The number of aromatic nitrogens is 1. The number of benzene rings is 1. The van der Waals surface area contributed by atoms with Crippen LogP contribution in [0.25, 0.3) is 10.8 Å². The standard InChI is InChI=1S/C13H13NO2/c1-9(2)16-13(15)12-7-10-5-3-4-6-11(10)8-14-12/h3-9H,1-2H3. The smallest absolute Gasteiger partial charge is 0.357 e. The van der Waals surface area contributed by atoms with Gasteiger partial charge in [-0.2, -0.15) is 0 Å². The Labute approximate surface area is 94.1 Å². The van der Waals surface area contributed by atoms with Gasteiger partial charge in [-0.25, -0.2) is 9.78 Å². The van der Waals surface area contributed by atoms with Crippen molar-refractivity contribution in [2.75, 3.05) is 0 Å². The van der Waals surface area contributed by atoms with E-state index in [0.717, 1.165) is 10.8 Å². The monoisotopic (exact) mass is 215 g/mol. The number of pyridine rings is 1. The van der Waals surface area contributed by atoms with Gasteiger partial charge >= 0.3 is 5.97 Å². The van der Waals surface area contributed by atoms with Gasteiger partial charge in [-0.1, -0.05) is 24.3 Å². The van der Waals surface area contributed by atoms with Gasteiger partial charge in [0.15, 0.2) is 0 Å². The van der Waals surface area contributed by atoms with Crippen molar-refractivity contribution >= 4 is 16.7 Å². The van der Waals surface area contributed by atoms with Crippen LogP contribution in [0, 0.1) is 0 Å². The van der Waals surface area contributed by atoms with E-state index in [1.165, 1.54) is 0 Å². The van der Waals surface area contributed by atoms with Crippen LogP contribution >= 0.6 is 0 Å². The van der Waals surface area contributed by atoms with Crippen LogP contribution in [-0.2, 0) is 4.74 Å². The van der Waals surface area contributed by atoms with E-state index in [0.29, 0.717) is 5.69 Å². The van der Waals surface area contributed by atoms with E-state index in [-0.39, 0.29) is 12.1 Å². The lowest BCUT2D eigenvalue weighted by Gasteiger charge is -2.07. The molecule has 0 saturated carbocycles. The molecule has 2 rings (SSSR count). The third-order valence-electron chi connectivity index (χ3n) is 2.18. The Morgan fingerprint density at radius 2 is 1.94 bits per heavy atom. The summed E-state index contributed by atoms with van der Waals surface area (Å²) in [4.78, 5) is 15.7. The summed E-state index contributed by atoms with van der Waals surface area (Å²) in [6.07, 6.45) is 1.56. The third-order valence-corrected chi connectivity index (χ3v) is 2.18. The van der Waals surface area contributed by atoms with E-state index >= 15 is 0 Å². The molecule has 1 heterocycles. The van der Waals surface area contributed by atoms with Crippen molar-refractivity contribution in [1.82, 2.24) is 4.98 Å². The predicted molar refractivity (Wildman–Crippen MR) is 62.3 cm³/mol. The highest BCUT2D eigenvalue weighted by Crippen LogP contribution is 2.14. The number of hydrogen-bond acceptors (Lipinski definition) is 3. The average molecular weight is 215 g/mol. The molecule has 0 spiro atoms. The molecule has 0 atom stereocenters. The van der Waals surface area contributed by atoms with Crippen molar-refractivity contribution in [3.8, 4) is 0 Å². The second kappa shape index (κ2) is 4.31. The van der Waals surface area contributed by atoms with E-state index in [2.05, 4.69) is 4.98 Å². The van der Waals surface area contributed by atoms with Crippen molar-refractivity contribution < 1.29 is 9.53 Å². The number of nitrogens with zero attached hydrogens (tertiary/aromatic N) is 1. The zero-order valence-electron chi connectivity index (χ0n) is 9.31. The SMILES string of the molecule is CC(C)OC(=O)c1cc2ccccc2cn1. The van der Waals surface area contributed by atoms with E-state index in [1.54, 1.807) is 12.3 Å². The summed E-state index contributed by atoms with van der Waals surface area (Å²) in [5, 5.41) is 2.01. The summed E-state index contributed by atoms with van der Waals surface area (Å²) in [6.45, 7) is 3.64. The van der Waals surface area contributed by atoms with Gasteiger partial charge in [0.1, 0.15) is 5.69 Å². The number of carbonyl (C=O) groups is 1. The summed E-state index contributed by atoms with van der Waals surface area (Å²) in [7, 11) is 0. The number of esters is 1. The second-order valence-corrected chi connectivity index (χ2v) is 3.87. The molecule has 0 aliphatic rings. The Balaban J connectivity index is 2.35. The summed E-state index contributed by atoms with van der Waals surface area (Å²) < 4.78 is 5.08. The first-order valence-corrected chi connectivity index (χ1v) is 5.22. The lowest BCUT2D eigenvalue weighted by molar-refractivity contribution is 0.0371. The van der Waals surface area contributed by atoms with Crippen LogP contribution in [0.3, 0.4) is 0 Å². The van der Waals surface area contributed by atoms with Crippen LogP contribution < -0.4 is 0 Å². The molecule has 0 aliphatic carbocycles. The highest BCUT2D eigenvalue weighted by molar-refractivity contribution is 5.93. The van der Waals surface area contributed by atoms with Gasteiger partial charge in [0.2, 0.25) is 0 Å². The minimum atomic E-state index is -0.374. The van der Waals surface area contributed by atoms with Crippen LogP contribution in [0.4, 0.5) is 0 Å². The topological polar surface area (TPSA) is 39.2 Å². The van der Waals surface area contributed by atoms with Crippen molar-refractivity contribution in [2.24, 2.45) is 0 Å². The van der Waals surface area contributed by atoms with Crippen molar-refractivity contribution in [3.63, 3.8) is 0 Å². The Kier molecular flexibility index (Phi) is 2.86. The maximum absolute atomic E-state index is 11.6. The summed E-state index contributed by atoms with van der Waals surface area (Å²) in [5.74, 6) is -0.374. The Hall–Kier alpha value is -1.90. The molecule has 0 unspecified atom stereocenters. The van der Waals surface area contributed by atoms with Crippen LogP contribution in [0.5, 0.6) is 0 Å². The molecular formula is C13H13NO2. The minimum absolute atomic E-state index is 0.124. The molecule has 82 valence electrons. The van der Waals surface area contributed by atoms with Gasteiger partial charge in [-0.3, -0.25) is 0 Å². The zero-order valence-corrected chi connectivity index (χ0v) is 9.31. The molecule has 3 heteroatoms. The molecule has 3 nitrogen and oxygen atoms in total. The third kappa shape index (κ3) is 2.19. The lowest BCUT2D eigenvalue weighted by Crippen LogP contribution is -2.12. The molecule has 0 aliphatic heterocycles. The van der Waals surface area contributed by atoms with Gasteiger partial charge in [0, 0.05) is 11.6 Å². The summed E-state index contributed by atoms with van der Waals surface area (Å²) >= 11 is 0. The van der Waals surface area contributed by atoms with Gasteiger partial charge in [-0.05, 0) is 25.3 Å². The second-order valence-electron chi connectivity index (χ2n) is 3.87. The first kappa shape index (κ1) is 10.6. The number of fused-ring (bicyclic) bond motifs is 1. The van der Waals surface area contributed by atoms with E-state index in [1.807, 2.05) is 38.1 Å². The first-order chi connectivity index (χ1) is 7.66. The highest BCUT2D eigenvalue weighted by atomic mass is 16.5. The van der Waals surface area contributed by atoms with Gasteiger partial charge in [0.05, 0.1) is 6.10 Å². The quantitative estimate of drug-likeness (QED) is 0.723. The molecular weight excluding hydrogens is 202 g/mol. The average Bonchev–Trinajstić information content (AvgIpc) is 2.27. The van der Waals surface area contributed by atoms with Crippen molar-refractivity contribution in [3.05, 3.63) is 42.2 Å². The van der Waals surface area contributed by atoms with E-state index in [9.17, 15) is 4.79 Å². The molecule has 2 aromatic rings. The fourth-order valence-electron chi connectivity index (χ4n) is 1.47. The van der Waals surface area contributed by atoms with Crippen LogP contribution in [0.1, 0.15) is 24.3 Å². The van der Waals surface area contributed by atoms with Crippen molar-refractivity contribution in [1.29, 1.82) is 0 Å². The molecule has 0 amide bonds. The minimum Gasteiger partial charge on any atom is -0.458 e. The number of rotatable bonds is 2. The zero-order chi connectivity index (χ0) is 11.5. The Bertz CT molecular complexity index is 520. The molecule has 0 radical (unpaired) electrons. The van der Waals surface area contributed by atoms with E-state index < -0.39 is 0 Å². The molecule has 0 fully saturated rings. The maximum Gasteiger partial charge on any atom is 0.357 e. The van der Waals surface area contributed by atoms with Crippen LogP contribution in [-0.4, -0.2) is 17.1 Å². The fourth-order valence-corrected chi connectivity index (χ4v) is 1.47. The lowest BCUT2D eigenvalue weighted by atomic mass is 10.1. The van der Waals surface area contributed by atoms with Gasteiger partial charge in [0.25, 0.3) is 0 Å². The summed E-state index contributed by atoms with van der Waals surface area (Å²) in [5.41, 5.74) is 0.354. The fraction of sp³-hybridized carbons (Fsp3) is 0.231. The number of hydrogen-bond donors (Lipinski definition) is 0. The Morgan fingerprint density at radius 3 is 2.62 bits per heavy atom. The maximum atomic E-state index is 11.6. The highest BCUT2D eigenvalue weighted by Gasteiger charge is 2.10. The molecule has 0 bridgehead atoms. The largest absolute Gasteiger partial charge is 0.458 e. The molecule has 0 saturated heterocycles. The number of ether oxygens (including phenoxy) is 1.